The van der Waals surface area contributed by atoms with Gasteiger partial charge in [-0.15, -0.1) is 0 Å². The lowest BCUT2D eigenvalue weighted by molar-refractivity contribution is -0.131. The summed E-state index contributed by atoms with van der Waals surface area (Å²) in [6.07, 6.45) is 2.08. The predicted octanol–water partition coefficient (Wildman–Crippen LogP) is 2.87. The Kier molecular flexibility index (Phi) is 4.76. The third-order valence-electron chi connectivity index (χ3n) is 3.92. The van der Waals surface area contributed by atoms with E-state index in [-0.39, 0.29) is 24.2 Å². The molecule has 1 heterocycles. The van der Waals surface area contributed by atoms with Crippen LogP contribution < -0.4 is 5.32 Å². The van der Waals surface area contributed by atoms with Crippen LogP contribution in [0.3, 0.4) is 0 Å². The molecule has 1 amide bonds. The molecule has 1 aromatic carbocycles. The van der Waals surface area contributed by atoms with Gasteiger partial charge in [-0.2, -0.15) is 11.8 Å². The summed E-state index contributed by atoms with van der Waals surface area (Å²) in [6.45, 7) is 8.29. The van der Waals surface area contributed by atoms with Crippen LogP contribution >= 0.6 is 11.8 Å². The van der Waals surface area contributed by atoms with Gasteiger partial charge >= 0.3 is 0 Å². The molecule has 1 aliphatic heterocycles. The monoisotopic (exact) mass is 292 g/mol. The van der Waals surface area contributed by atoms with Gasteiger partial charge in [0.2, 0.25) is 5.91 Å². The van der Waals surface area contributed by atoms with E-state index in [9.17, 15) is 4.79 Å². The molecule has 1 fully saturated rings. The largest absolute Gasteiger partial charge is 0.318 e. The summed E-state index contributed by atoms with van der Waals surface area (Å²) < 4.78 is 0. The van der Waals surface area contributed by atoms with Gasteiger partial charge < -0.3 is 4.90 Å². The Bertz CT molecular complexity index is 503. The summed E-state index contributed by atoms with van der Waals surface area (Å²) in [6, 6.07) is 6.58. The van der Waals surface area contributed by atoms with Gasteiger partial charge in [0, 0.05) is 11.8 Å². The Hall–Kier alpha value is -1.00. The lowest BCUT2D eigenvalue weighted by Gasteiger charge is -2.31. The van der Waals surface area contributed by atoms with E-state index in [0.29, 0.717) is 0 Å². The molecule has 110 valence electrons. The Morgan fingerprint density at radius 3 is 2.75 bits per heavy atom. The van der Waals surface area contributed by atoms with Crippen molar-refractivity contribution >= 4 is 17.7 Å². The molecule has 3 unspecified atom stereocenters. The van der Waals surface area contributed by atoms with Crippen LogP contribution in [0.15, 0.2) is 18.2 Å². The highest BCUT2D eigenvalue weighted by atomic mass is 32.2. The number of carbonyl (C=O) groups is 1. The second-order valence-corrected chi connectivity index (χ2v) is 6.61. The maximum absolute atomic E-state index is 12.5. The van der Waals surface area contributed by atoms with Gasteiger partial charge in [-0.25, -0.2) is 0 Å². The number of nitrogens with zero attached hydrogens (tertiary/aromatic N) is 1. The zero-order chi connectivity index (χ0) is 14.9. The molecule has 0 aromatic heterocycles. The van der Waals surface area contributed by atoms with E-state index >= 15 is 0 Å². The molecule has 0 saturated carbocycles. The number of benzene rings is 1. The average Bonchev–Trinajstić information content (AvgIpc) is 2.69. The van der Waals surface area contributed by atoms with E-state index in [1.165, 1.54) is 16.7 Å². The molecule has 1 aliphatic rings. The van der Waals surface area contributed by atoms with Crippen molar-refractivity contribution in [1.82, 2.24) is 10.2 Å². The molecule has 1 aromatic rings. The van der Waals surface area contributed by atoms with Crippen molar-refractivity contribution in [3.63, 3.8) is 0 Å². The minimum Gasteiger partial charge on any atom is -0.318 e. The van der Waals surface area contributed by atoms with Crippen molar-refractivity contribution in [2.24, 2.45) is 0 Å². The van der Waals surface area contributed by atoms with Crippen molar-refractivity contribution in [2.75, 3.05) is 12.0 Å². The highest BCUT2D eigenvalue weighted by Gasteiger charge is 2.40. The Morgan fingerprint density at radius 2 is 2.10 bits per heavy atom. The summed E-state index contributed by atoms with van der Waals surface area (Å²) >= 11 is 1.78. The molecular weight excluding hydrogens is 268 g/mol. The fourth-order valence-corrected chi connectivity index (χ4v) is 3.47. The Labute approximate surface area is 126 Å². The van der Waals surface area contributed by atoms with Gasteiger partial charge in [-0.05, 0) is 45.1 Å². The second-order valence-electron chi connectivity index (χ2n) is 5.70. The van der Waals surface area contributed by atoms with Crippen molar-refractivity contribution < 1.29 is 4.79 Å². The van der Waals surface area contributed by atoms with Crippen LogP contribution in [0.1, 0.15) is 36.7 Å². The van der Waals surface area contributed by atoms with Crippen LogP contribution in [0.2, 0.25) is 0 Å². The number of thioether (sulfide) groups is 1. The maximum Gasteiger partial charge on any atom is 0.241 e. The first-order chi connectivity index (χ1) is 9.45. The molecule has 20 heavy (non-hydrogen) atoms. The van der Waals surface area contributed by atoms with Gasteiger partial charge in [0.1, 0.15) is 6.17 Å². The summed E-state index contributed by atoms with van der Waals surface area (Å²) in [4.78, 5) is 14.5. The Morgan fingerprint density at radius 1 is 1.40 bits per heavy atom. The second kappa shape index (κ2) is 6.19. The molecule has 2 rings (SSSR count). The quantitative estimate of drug-likeness (QED) is 0.926. The van der Waals surface area contributed by atoms with E-state index in [1.54, 1.807) is 11.8 Å². The number of amides is 1. The SMILES string of the molecule is CSCC(C)N1C(=O)C(C)NC1c1cc(C)ccc1C. The zero-order valence-corrected chi connectivity index (χ0v) is 13.8. The number of hydrogen-bond acceptors (Lipinski definition) is 3. The van der Waals surface area contributed by atoms with Crippen molar-refractivity contribution in [3.8, 4) is 0 Å². The van der Waals surface area contributed by atoms with E-state index in [1.807, 2.05) is 11.8 Å². The van der Waals surface area contributed by atoms with Gasteiger partial charge in [0.25, 0.3) is 0 Å². The summed E-state index contributed by atoms with van der Waals surface area (Å²) in [7, 11) is 0. The topological polar surface area (TPSA) is 32.3 Å². The Balaban J connectivity index is 2.37. The van der Waals surface area contributed by atoms with Gasteiger partial charge in [-0.1, -0.05) is 23.8 Å². The van der Waals surface area contributed by atoms with Gasteiger partial charge in [-0.3, -0.25) is 10.1 Å². The molecule has 0 radical (unpaired) electrons. The summed E-state index contributed by atoms with van der Waals surface area (Å²) in [5.41, 5.74) is 3.68. The van der Waals surface area contributed by atoms with Crippen LogP contribution in [-0.2, 0) is 4.79 Å². The molecule has 0 spiro atoms. The van der Waals surface area contributed by atoms with E-state index in [4.69, 9.17) is 0 Å². The number of aryl methyl sites for hydroxylation is 2. The first kappa shape index (κ1) is 15.4. The molecule has 4 heteroatoms. The van der Waals surface area contributed by atoms with Crippen molar-refractivity contribution in [1.29, 1.82) is 0 Å². The van der Waals surface area contributed by atoms with Crippen molar-refractivity contribution in [3.05, 3.63) is 34.9 Å². The standard InChI is InChI=1S/C16H24N2OS/c1-10-6-7-11(2)14(8-10)15-17-13(4)16(19)18(15)12(3)9-20-5/h6-8,12-13,15,17H,9H2,1-5H3. The van der Waals surface area contributed by atoms with E-state index in [2.05, 4.69) is 50.5 Å². The van der Waals surface area contributed by atoms with Gasteiger partial charge in [0.05, 0.1) is 6.04 Å². The predicted molar refractivity (Wildman–Crippen MR) is 85.9 cm³/mol. The molecule has 3 nitrogen and oxygen atoms in total. The normalized spacial score (nSPS) is 24.2. The average molecular weight is 292 g/mol. The van der Waals surface area contributed by atoms with Crippen LogP contribution in [0, 0.1) is 13.8 Å². The fraction of sp³-hybridized carbons (Fsp3) is 0.562. The molecular formula is C16H24N2OS. The molecule has 0 aliphatic carbocycles. The van der Waals surface area contributed by atoms with Crippen LogP contribution in [0.4, 0.5) is 0 Å². The number of nitrogens with one attached hydrogen (secondary N) is 1. The molecule has 1 saturated heterocycles. The molecule has 3 atom stereocenters. The zero-order valence-electron chi connectivity index (χ0n) is 12.9. The van der Waals surface area contributed by atoms with Crippen LogP contribution in [-0.4, -0.2) is 34.9 Å². The molecule has 1 N–H and O–H groups in total. The fourth-order valence-electron chi connectivity index (χ4n) is 2.83. The lowest BCUT2D eigenvalue weighted by Crippen LogP contribution is -2.40. The van der Waals surface area contributed by atoms with Crippen molar-refractivity contribution in [2.45, 2.75) is 45.9 Å². The highest BCUT2D eigenvalue weighted by molar-refractivity contribution is 7.98. The van der Waals surface area contributed by atoms with E-state index < -0.39 is 0 Å². The maximum atomic E-state index is 12.5. The smallest absolute Gasteiger partial charge is 0.241 e. The first-order valence-corrected chi connectivity index (χ1v) is 8.49. The number of carbonyl (C=O) groups excluding carboxylic acids is 1. The summed E-state index contributed by atoms with van der Waals surface area (Å²) in [5.74, 6) is 1.17. The third kappa shape index (κ3) is 2.86. The molecule has 0 bridgehead atoms. The van der Waals surface area contributed by atoms with Gasteiger partial charge in [0.15, 0.2) is 0 Å². The van der Waals surface area contributed by atoms with Crippen LogP contribution in [0.25, 0.3) is 0 Å². The first-order valence-electron chi connectivity index (χ1n) is 7.10. The number of hydrogen-bond donors (Lipinski definition) is 1. The lowest BCUT2D eigenvalue weighted by atomic mass is 10.0. The minimum absolute atomic E-state index is 0.000417. The summed E-state index contributed by atoms with van der Waals surface area (Å²) in [5, 5.41) is 3.44. The van der Waals surface area contributed by atoms with E-state index in [0.717, 1.165) is 5.75 Å². The van der Waals surface area contributed by atoms with Crippen LogP contribution in [0.5, 0.6) is 0 Å². The third-order valence-corrected chi connectivity index (χ3v) is 4.74. The minimum atomic E-state index is -0.107. The highest BCUT2D eigenvalue weighted by Crippen LogP contribution is 2.30. The number of rotatable bonds is 4.